The normalized spacial score (nSPS) is 28.6. The van der Waals surface area contributed by atoms with Crippen molar-refractivity contribution in [3.63, 3.8) is 0 Å². The summed E-state index contributed by atoms with van der Waals surface area (Å²) in [6, 6.07) is 8.78. The first-order valence-electron chi connectivity index (χ1n) is 9.25. The number of amides is 1. The van der Waals surface area contributed by atoms with Crippen LogP contribution in [0.5, 0.6) is 0 Å². The molecular weight excluding hydrogens is 378 g/mol. The van der Waals surface area contributed by atoms with Gasteiger partial charge in [-0.15, -0.1) is 0 Å². The summed E-state index contributed by atoms with van der Waals surface area (Å²) in [6.07, 6.45) is 0.869. The maximum Gasteiger partial charge on any atom is 0.256 e. The molecule has 5 rings (SSSR count). The molecule has 10 nitrogen and oxygen atoms in total. The Bertz CT molecular complexity index is 1060. The SMILES string of the molecule is O=C(Nc1ncnc2c1ncn2[C@@H]1O[C@@]2(CO)CCO[C@@H]1[C@@H]2O)c1ccccc1. The molecule has 3 aromatic rings. The highest BCUT2D eigenvalue weighted by Gasteiger charge is 2.58. The molecular formula is C19H19N5O5. The van der Waals surface area contributed by atoms with Gasteiger partial charge in [0.1, 0.15) is 24.1 Å². The molecule has 0 spiro atoms. The van der Waals surface area contributed by atoms with Crippen molar-refractivity contribution >= 4 is 22.9 Å². The van der Waals surface area contributed by atoms with Gasteiger partial charge in [0.15, 0.2) is 23.2 Å². The van der Waals surface area contributed by atoms with Crippen LogP contribution in [0.4, 0.5) is 5.82 Å². The van der Waals surface area contributed by atoms with Gasteiger partial charge < -0.3 is 25.0 Å². The van der Waals surface area contributed by atoms with Crippen molar-refractivity contribution in [2.24, 2.45) is 0 Å². The van der Waals surface area contributed by atoms with Crippen LogP contribution in [0.15, 0.2) is 43.0 Å². The lowest BCUT2D eigenvalue weighted by molar-refractivity contribution is -0.143. The molecule has 0 unspecified atom stereocenters. The van der Waals surface area contributed by atoms with Gasteiger partial charge in [-0.05, 0) is 12.1 Å². The van der Waals surface area contributed by atoms with Crippen LogP contribution < -0.4 is 5.32 Å². The molecule has 2 aliphatic rings. The highest BCUT2D eigenvalue weighted by atomic mass is 16.6. The summed E-state index contributed by atoms with van der Waals surface area (Å²) < 4.78 is 13.4. The van der Waals surface area contributed by atoms with Gasteiger partial charge in [-0.25, -0.2) is 15.0 Å². The van der Waals surface area contributed by atoms with Gasteiger partial charge >= 0.3 is 0 Å². The molecule has 0 saturated carbocycles. The van der Waals surface area contributed by atoms with Gasteiger partial charge in [-0.2, -0.15) is 0 Å². The minimum absolute atomic E-state index is 0.266. The zero-order valence-corrected chi connectivity index (χ0v) is 15.3. The number of ether oxygens (including phenoxy) is 2. The number of nitrogens with one attached hydrogen (secondary N) is 1. The monoisotopic (exact) mass is 397 g/mol. The van der Waals surface area contributed by atoms with Crippen molar-refractivity contribution in [2.75, 3.05) is 18.5 Å². The zero-order valence-electron chi connectivity index (χ0n) is 15.3. The van der Waals surface area contributed by atoms with Crippen molar-refractivity contribution in [3.8, 4) is 0 Å². The van der Waals surface area contributed by atoms with E-state index in [0.29, 0.717) is 29.8 Å². The van der Waals surface area contributed by atoms with Crippen LogP contribution in [0.25, 0.3) is 11.2 Å². The quantitative estimate of drug-likeness (QED) is 0.580. The average Bonchev–Trinajstić information content (AvgIpc) is 3.22. The summed E-state index contributed by atoms with van der Waals surface area (Å²) in [7, 11) is 0. The number of carbonyl (C=O) groups excluding carboxylic acids is 1. The van der Waals surface area contributed by atoms with Crippen molar-refractivity contribution in [2.45, 2.75) is 30.5 Å². The van der Waals surface area contributed by atoms with Crippen molar-refractivity contribution in [3.05, 3.63) is 48.5 Å². The second kappa shape index (κ2) is 6.85. The van der Waals surface area contributed by atoms with E-state index in [9.17, 15) is 15.0 Å². The number of imidazole rings is 1. The third-order valence-corrected chi connectivity index (χ3v) is 5.49. The highest BCUT2D eigenvalue weighted by Crippen LogP contribution is 2.44. The number of hydrogen-bond donors (Lipinski definition) is 3. The number of aliphatic hydroxyl groups is 2. The van der Waals surface area contributed by atoms with Gasteiger partial charge in [0.2, 0.25) is 0 Å². The standard InChI is InChI=1S/C19H19N5O5/c25-8-19-6-7-28-13(14(19)26)18(29-19)24-10-22-12-15(20-9-21-16(12)24)23-17(27)11-4-2-1-3-5-11/h1-5,9-10,13-14,18,25-26H,6-8H2,(H,20,21,23,27)/t13-,14+,18-,19-/m1/s1. The van der Waals surface area contributed by atoms with E-state index in [0.717, 1.165) is 0 Å². The minimum atomic E-state index is -1.07. The lowest BCUT2D eigenvalue weighted by atomic mass is 9.90. The molecule has 0 aliphatic carbocycles. The van der Waals surface area contributed by atoms with E-state index in [2.05, 4.69) is 20.3 Å². The predicted octanol–water partition coefficient (Wildman–Crippen LogP) is 0.488. The average molecular weight is 397 g/mol. The Labute approximate surface area is 165 Å². The number of fused-ring (bicyclic) bond motifs is 3. The summed E-state index contributed by atoms with van der Waals surface area (Å²) in [5, 5.41) is 23.1. The number of aromatic nitrogens is 4. The van der Waals surface area contributed by atoms with Crippen molar-refractivity contribution < 1.29 is 24.5 Å². The second-order valence-electron chi connectivity index (χ2n) is 7.13. The molecule has 2 saturated heterocycles. The molecule has 2 fully saturated rings. The van der Waals surface area contributed by atoms with E-state index in [4.69, 9.17) is 9.47 Å². The Morgan fingerprint density at radius 1 is 1.28 bits per heavy atom. The second-order valence-corrected chi connectivity index (χ2v) is 7.13. The molecule has 29 heavy (non-hydrogen) atoms. The Hall–Kier alpha value is -2.92. The van der Waals surface area contributed by atoms with Crippen LogP contribution in [0.3, 0.4) is 0 Å². The van der Waals surface area contributed by atoms with E-state index >= 15 is 0 Å². The number of benzene rings is 1. The summed E-state index contributed by atoms with van der Waals surface area (Å²) >= 11 is 0. The Morgan fingerprint density at radius 2 is 2.10 bits per heavy atom. The third-order valence-electron chi connectivity index (χ3n) is 5.49. The lowest BCUT2D eigenvalue weighted by Crippen LogP contribution is -2.51. The maximum atomic E-state index is 12.5. The van der Waals surface area contributed by atoms with Crippen LogP contribution >= 0.6 is 0 Å². The molecule has 1 amide bonds. The smallest absolute Gasteiger partial charge is 0.256 e. The van der Waals surface area contributed by atoms with E-state index in [1.54, 1.807) is 28.8 Å². The fraction of sp³-hybridized carbons (Fsp3) is 0.368. The van der Waals surface area contributed by atoms with Crippen LogP contribution in [0.1, 0.15) is 23.0 Å². The fourth-order valence-corrected chi connectivity index (χ4v) is 3.90. The molecule has 2 bridgehead atoms. The Kier molecular flexibility index (Phi) is 4.28. The van der Waals surface area contributed by atoms with E-state index < -0.39 is 24.0 Å². The van der Waals surface area contributed by atoms with Gasteiger partial charge in [0, 0.05) is 12.0 Å². The number of carbonyl (C=O) groups is 1. The van der Waals surface area contributed by atoms with Crippen LogP contribution in [0, 0.1) is 0 Å². The van der Waals surface area contributed by atoms with Crippen molar-refractivity contribution in [1.29, 1.82) is 0 Å². The molecule has 1 aromatic carbocycles. The first kappa shape index (κ1) is 18.1. The van der Waals surface area contributed by atoms with Crippen LogP contribution in [0.2, 0.25) is 0 Å². The van der Waals surface area contributed by atoms with Crippen molar-refractivity contribution in [1.82, 2.24) is 19.5 Å². The van der Waals surface area contributed by atoms with E-state index in [1.165, 1.54) is 12.7 Å². The first-order chi connectivity index (χ1) is 14.1. The molecule has 0 radical (unpaired) electrons. The predicted molar refractivity (Wildman–Crippen MR) is 100 cm³/mol. The first-order valence-corrected chi connectivity index (χ1v) is 9.25. The number of hydrogen-bond acceptors (Lipinski definition) is 8. The molecule has 2 aliphatic heterocycles. The lowest BCUT2D eigenvalue weighted by Gasteiger charge is -2.33. The number of nitrogens with zero attached hydrogens (tertiary/aromatic N) is 4. The number of anilines is 1. The maximum absolute atomic E-state index is 12.5. The van der Waals surface area contributed by atoms with Gasteiger partial charge in [-0.1, -0.05) is 18.2 Å². The highest BCUT2D eigenvalue weighted by molar-refractivity contribution is 6.06. The minimum Gasteiger partial charge on any atom is -0.393 e. The molecule has 4 heterocycles. The summed E-state index contributed by atoms with van der Waals surface area (Å²) in [5.41, 5.74) is 0.230. The molecule has 150 valence electrons. The van der Waals surface area contributed by atoms with E-state index in [-0.39, 0.29) is 18.3 Å². The largest absolute Gasteiger partial charge is 0.393 e. The molecule has 3 N–H and O–H groups in total. The summed E-state index contributed by atoms with van der Waals surface area (Å²) in [5.74, 6) is -0.0481. The number of rotatable bonds is 4. The Balaban J connectivity index is 1.49. The van der Waals surface area contributed by atoms with Gasteiger partial charge in [0.25, 0.3) is 5.91 Å². The zero-order chi connectivity index (χ0) is 20.0. The Morgan fingerprint density at radius 3 is 2.86 bits per heavy atom. The van der Waals surface area contributed by atoms with Crippen LogP contribution in [-0.4, -0.2) is 66.7 Å². The number of aliphatic hydroxyl groups excluding tert-OH is 2. The molecule has 10 heteroatoms. The summed E-state index contributed by atoms with van der Waals surface area (Å²) in [4.78, 5) is 25.2. The molecule has 2 aromatic heterocycles. The fourth-order valence-electron chi connectivity index (χ4n) is 3.90. The van der Waals surface area contributed by atoms with Crippen LogP contribution in [-0.2, 0) is 9.47 Å². The summed E-state index contributed by atoms with van der Waals surface area (Å²) in [6.45, 7) is 0.0588. The van der Waals surface area contributed by atoms with Gasteiger partial charge in [0.05, 0.1) is 19.5 Å². The van der Waals surface area contributed by atoms with E-state index in [1.807, 2.05) is 6.07 Å². The molecule has 4 atom stereocenters. The van der Waals surface area contributed by atoms with Gasteiger partial charge in [-0.3, -0.25) is 9.36 Å². The topological polar surface area (TPSA) is 132 Å². The third kappa shape index (κ3) is 2.80.